The number of rotatable bonds is 1. The molecule has 0 N–H and O–H groups in total. The van der Waals surface area contributed by atoms with E-state index in [1.54, 1.807) is 6.07 Å². The molecule has 0 aliphatic heterocycles. The summed E-state index contributed by atoms with van der Waals surface area (Å²) in [4.78, 5) is 15.6. The van der Waals surface area contributed by atoms with Crippen molar-refractivity contribution < 1.29 is 9.53 Å². The predicted molar refractivity (Wildman–Crippen MR) is 60.8 cm³/mol. The van der Waals surface area contributed by atoms with Crippen LogP contribution in [0.5, 0.6) is 0 Å². The third kappa shape index (κ3) is 1.85. The number of pyridine rings is 1. The van der Waals surface area contributed by atoms with Crippen LogP contribution in [0.1, 0.15) is 10.4 Å². The summed E-state index contributed by atoms with van der Waals surface area (Å²) < 4.78 is 5.16. The minimum Gasteiger partial charge on any atom is -0.465 e. The quantitative estimate of drug-likeness (QED) is 0.588. The van der Waals surface area contributed by atoms with E-state index in [4.69, 9.17) is 0 Å². The third-order valence-corrected chi connectivity index (χ3v) is 2.69. The zero-order chi connectivity index (χ0) is 10.8. The number of esters is 1. The molecule has 1 heterocycles. The predicted octanol–water partition coefficient (Wildman–Crippen LogP) is 2.78. The van der Waals surface area contributed by atoms with Crippen LogP contribution in [0, 0.1) is 0 Å². The molecule has 0 fully saturated rings. The molecule has 2 aromatic rings. The zero-order valence-corrected chi connectivity index (χ0v) is 9.61. The van der Waals surface area contributed by atoms with Crippen LogP contribution in [0.2, 0.25) is 0 Å². The highest BCUT2D eigenvalue weighted by Crippen LogP contribution is 2.21. The number of carbonyl (C=O) groups excluding carboxylic acids is 1. The Labute approximate surface area is 95.2 Å². The summed E-state index contributed by atoms with van der Waals surface area (Å²) in [6, 6.07) is 9.36. The minimum atomic E-state index is -0.389. The van der Waals surface area contributed by atoms with Crippen molar-refractivity contribution in [1.82, 2.24) is 4.98 Å². The Hall–Kier alpha value is -1.42. The number of nitrogens with zero attached hydrogens (tertiary/aromatic N) is 1. The van der Waals surface area contributed by atoms with Crippen molar-refractivity contribution >= 4 is 32.8 Å². The van der Waals surface area contributed by atoms with Gasteiger partial charge < -0.3 is 4.74 Å². The van der Waals surface area contributed by atoms with Crippen LogP contribution >= 0.6 is 15.9 Å². The van der Waals surface area contributed by atoms with Crippen LogP contribution in [0.25, 0.3) is 10.9 Å². The smallest absolute Gasteiger partial charge is 0.340 e. The van der Waals surface area contributed by atoms with Gasteiger partial charge in [0.25, 0.3) is 0 Å². The van der Waals surface area contributed by atoms with Crippen LogP contribution in [0.15, 0.2) is 34.9 Å². The molecule has 1 aromatic carbocycles. The molecular formula is C11H8BrNO2. The van der Waals surface area contributed by atoms with Crippen LogP contribution in [-0.2, 0) is 4.74 Å². The van der Waals surface area contributed by atoms with Crippen molar-refractivity contribution in [3.05, 3.63) is 40.5 Å². The molecule has 0 bridgehead atoms. The maximum Gasteiger partial charge on any atom is 0.340 e. The van der Waals surface area contributed by atoms with Crippen molar-refractivity contribution in [2.24, 2.45) is 0 Å². The first-order valence-electron chi connectivity index (χ1n) is 4.36. The van der Waals surface area contributed by atoms with Crippen molar-refractivity contribution in [2.75, 3.05) is 7.11 Å². The first-order chi connectivity index (χ1) is 7.22. The lowest BCUT2D eigenvalue weighted by molar-refractivity contribution is 0.0599. The maximum atomic E-state index is 11.4. The molecule has 2 rings (SSSR count). The highest BCUT2D eigenvalue weighted by atomic mass is 79.9. The van der Waals surface area contributed by atoms with Crippen LogP contribution in [0.4, 0.5) is 0 Å². The summed E-state index contributed by atoms with van der Waals surface area (Å²) in [6.45, 7) is 0. The van der Waals surface area contributed by atoms with E-state index in [1.165, 1.54) is 7.11 Å². The van der Waals surface area contributed by atoms with Gasteiger partial charge in [-0.25, -0.2) is 9.78 Å². The van der Waals surface area contributed by atoms with E-state index < -0.39 is 0 Å². The van der Waals surface area contributed by atoms with Gasteiger partial charge >= 0.3 is 5.97 Å². The second-order valence-electron chi connectivity index (χ2n) is 3.01. The Bertz CT molecular complexity index is 525. The van der Waals surface area contributed by atoms with Crippen molar-refractivity contribution in [3.8, 4) is 0 Å². The van der Waals surface area contributed by atoms with E-state index >= 15 is 0 Å². The fraction of sp³-hybridized carbons (Fsp3) is 0.0909. The number of ether oxygens (including phenoxy) is 1. The van der Waals surface area contributed by atoms with Gasteiger partial charge in [0.15, 0.2) is 0 Å². The fourth-order valence-corrected chi connectivity index (χ4v) is 1.81. The number of methoxy groups -OCH3 is 1. The first-order valence-corrected chi connectivity index (χ1v) is 5.15. The van der Waals surface area contributed by atoms with Crippen LogP contribution in [-0.4, -0.2) is 18.1 Å². The molecule has 0 aliphatic carbocycles. The number of fused-ring (bicyclic) bond motifs is 1. The van der Waals surface area contributed by atoms with Gasteiger partial charge in [0.05, 0.1) is 18.2 Å². The van der Waals surface area contributed by atoms with Gasteiger partial charge in [-0.2, -0.15) is 0 Å². The number of hydrogen-bond donors (Lipinski definition) is 0. The lowest BCUT2D eigenvalue weighted by Crippen LogP contribution is -2.03. The van der Waals surface area contributed by atoms with Gasteiger partial charge in [0, 0.05) is 5.39 Å². The largest absolute Gasteiger partial charge is 0.465 e. The summed E-state index contributed by atoms with van der Waals surface area (Å²) in [7, 11) is 1.35. The average molecular weight is 266 g/mol. The summed E-state index contributed by atoms with van der Waals surface area (Å²) in [5, 5.41) is 0.918. The molecule has 1 aromatic heterocycles. The molecule has 0 aliphatic rings. The van der Waals surface area contributed by atoms with E-state index in [1.807, 2.05) is 24.3 Å². The van der Waals surface area contributed by atoms with Gasteiger partial charge in [0.1, 0.15) is 4.60 Å². The zero-order valence-electron chi connectivity index (χ0n) is 8.03. The van der Waals surface area contributed by atoms with Gasteiger partial charge in [-0.1, -0.05) is 18.2 Å². The Morgan fingerprint density at radius 2 is 2.13 bits per heavy atom. The van der Waals surface area contributed by atoms with Gasteiger partial charge in [-0.15, -0.1) is 0 Å². The summed E-state index contributed by atoms with van der Waals surface area (Å²) in [6.07, 6.45) is 0. The molecule has 0 radical (unpaired) electrons. The highest BCUT2D eigenvalue weighted by molar-refractivity contribution is 9.10. The summed E-state index contributed by atoms with van der Waals surface area (Å²) in [5.41, 5.74) is 1.29. The number of carbonyl (C=O) groups is 1. The minimum absolute atomic E-state index is 0.389. The summed E-state index contributed by atoms with van der Waals surface area (Å²) in [5.74, 6) is -0.389. The number of hydrogen-bond acceptors (Lipinski definition) is 3. The standard InChI is InChI=1S/C11H8BrNO2/c1-15-11(14)8-6-7-4-2-3-5-9(7)13-10(8)12/h2-6H,1H3. The van der Waals surface area contributed by atoms with E-state index in [0.29, 0.717) is 10.2 Å². The first kappa shape index (κ1) is 10.1. The molecular weight excluding hydrogens is 258 g/mol. The number of para-hydroxylation sites is 1. The number of aromatic nitrogens is 1. The SMILES string of the molecule is COC(=O)c1cc2ccccc2nc1Br. The topological polar surface area (TPSA) is 39.2 Å². The fourth-order valence-electron chi connectivity index (χ4n) is 1.35. The Kier molecular flexibility index (Phi) is 2.68. The van der Waals surface area contributed by atoms with Gasteiger partial charge in [-0.3, -0.25) is 0 Å². The number of halogens is 1. The lowest BCUT2D eigenvalue weighted by Gasteiger charge is -2.03. The third-order valence-electron chi connectivity index (χ3n) is 2.08. The molecule has 4 heteroatoms. The van der Waals surface area contributed by atoms with Crippen LogP contribution in [0.3, 0.4) is 0 Å². The molecule has 0 atom stereocenters. The second-order valence-corrected chi connectivity index (χ2v) is 3.76. The van der Waals surface area contributed by atoms with E-state index in [-0.39, 0.29) is 5.97 Å². The lowest BCUT2D eigenvalue weighted by atomic mass is 10.1. The summed E-state index contributed by atoms with van der Waals surface area (Å²) >= 11 is 3.25. The van der Waals surface area contributed by atoms with Crippen molar-refractivity contribution in [2.45, 2.75) is 0 Å². The van der Waals surface area contributed by atoms with Gasteiger partial charge in [-0.05, 0) is 28.1 Å². The second kappa shape index (κ2) is 3.98. The number of benzene rings is 1. The van der Waals surface area contributed by atoms with Gasteiger partial charge in [0.2, 0.25) is 0 Å². The highest BCUT2D eigenvalue weighted by Gasteiger charge is 2.12. The van der Waals surface area contributed by atoms with Crippen LogP contribution < -0.4 is 0 Å². The molecule has 76 valence electrons. The normalized spacial score (nSPS) is 10.3. The Morgan fingerprint density at radius 1 is 1.40 bits per heavy atom. The molecule has 0 saturated carbocycles. The van der Waals surface area contributed by atoms with E-state index in [0.717, 1.165) is 10.9 Å². The Balaban J connectivity index is 2.67. The molecule has 0 saturated heterocycles. The van der Waals surface area contributed by atoms with Crippen molar-refractivity contribution in [1.29, 1.82) is 0 Å². The molecule has 15 heavy (non-hydrogen) atoms. The monoisotopic (exact) mass is 265 g/mol. The van der Waals surface area contributed by atoms with Crippen molar-refractivity contribution in [3.63, 3.8) is 0 Å². The Morgan fingerprint density at radius 3 is 2.87 bits per heavy atom. The molecule has 0 spiro atoms. The maximum absolute atomic E-state index is 11.4. The van der Waals surface area contributed by atoms with E-state index in [2.05, 4.69) is 25.7 Å². The molecule has 0 amide bonds. The average Bonchev–Trinajstić information content (AvgIpc) is 2.27. The molecule has 0 unspecified atom stereocenters. The molecule has 3 nitrogen and oxygen atoms in total. The van der Waals surface area contributed by atoms with E-state index in [9.17, 15) is 4.79 Å².